The van der Waals surface area contributed by atoms with Crippen molar-refractivity contribution in [3.63, 3.8) is 0 Å². The number of hydrazine groups is 1. The van der Waals surface area contributed by atoms with Crippen molar-refractivity contribution >= 4 is 5.69 Å². The molecule has 0 radical (unpaired) electrons. The van der Waals surface area contributed by atoms with E-state index in [1.54, 1.807) is 0 Å². The van der Waals surface area contributed by atoms with Gasteiger partial charge in [-0.25, -0.2) is 5.43 Å². The Morgan fingerprint density at radius 1 is 1.31 bits per heavy atom. The Hall–Kier alpha value is -1.02. The Bertz CT molecular complexity index is 254. The van der Waals surface area contributed by atoms with E-state index in [1.165, 1.54) is 18.5 Å². The van der Waals surface area contributed by atoms with Gasteiger partial charge in [-0.1, -0.05) is 18.2 Å². The molecule has 13 heavy (non-hydrogen) atoms. The molecule has 1 N–H and O–H groups in total. The normalized spacial score (nSPS) is 15.8. The Labute approximate surface area is 79.5 Å². The molecule has 0 atom stereocenters. The van der Waals surface area contributed by atoms with Crippen LogP contribution in [0.15, 0.2) is 30.3 Å². The van der Waals surface area contributed by atoms with Crippen LogP contribution in [0.2, 0.25) is 0 Å². The van der Waals surface area contributed by atoms with Crippen LogP contribution in [0.5, 0.6) is 0 Å². The maximum Gasteiger partial charge on any atom is 0.0519 e. The zero-order chi connectivity index (χ0) is 9.10. The van der Waals surface area contributed by atoms with Gasteiger partial charge < -0.3 is 5.01 Å². The number of hydrogen-bond acceptors (Lipinski definition) is 2. The molecule has 1 saturated carbocycles. The number of rotatable bonds is 4. The van der Waals surface area contributed by atoms with Gasteiger partial charge in [0.2, 0.25) is 0 Å². The van der Waals surface area contributed by atoms with Crippen molar-refractivity contribution in [3.8, 4) is 0 Å². The molecule has 0 bridgehead atoms. The van der Waals surface area contributed by atoms with Crippen molar-refractivity contribution in [2.24, 2.45) is 5.92 Å². The molecule has 0 unspecified atom stereocenters. The molecule has 2 rings (SSSR count). The number of nitrogens with one attached hydrogen (secondary N) is 1. The standard InChI is InChI=1S/C11H16N2/c1-12-13(9-10-7-8-10)11-5-3-2-4-6-11/h2-6,10,12H,7-9H2,1H3. The highest BCUT2D eigenvalue weighted by atomic mass is 15.5. The van der Waals surface area contributed by atoms with Crippen LogP contribution in [0.25, 0.3) is 0 Å². The predicted octanol–water partition coefficient (Wildman–Crippen LogP) is 2.04. The molecule has 0 aromatic heterocycles. The summed E-state index contributed by atoms with van der Waals surface area (Å²) in [4.78, 5) is 0. The highest BCUT2D eigenvalue weighted by Crippen LogP contribution is 2.30. The lowest BCUT2D eigenvalue weighted by Gasteiger charge is -2.23. The molecule has 1 aliphatic rings. The average Bonchev–Trinajstić information content (AvgIpc) is 2.99. The molecule has 2 nitrogen and oxygen atoms in total. The number of nitrogens with zero attached hydrogens (tertiary/aromatic N) is 1. The molecule has 1 aromatic carbocycles. The Morgan fingerprint density at radius 2 is 2.00 bits per heavy atom. The van der Waals surface area contributed by atoms with Crippen LogP contribution >= 0.6 is 0 Å². The summed E-state index contributed by atoms with van der Waals surface area (Å²) in [5, 5.41) is 2.22. The van der Waals surface area contributed by atoms with Gasteiger partial charge in [-0.2, -0.15) is 0 Å². The van der Waals surface area contributed by atoms with E-state index in [0.29, 0.717) is 0 Å². The van der Waals surface area contributed by atoms with Crippen LogP contribution in [-0.2, 0) is 0 Å². The Morgan fingerprint density at radius 3 is 2.54 bits per heavy atom. The van der Waals surface area contributed by atoms with Gasteiger partial charge in [0.15, 0.2) is 0 Å². The van der Waals surface area contributed by atoms with Crippen LogP contribution < -0.4 is 10.4 Å². The second-order valence-electron chi connectivity index (χ2n) is 3.61. The van der Waals surface area contributed by atoms with E-state index >= 15 is 0 Å². The van der Waals surface area contributed by atoms with Gasteiger partial charge in [0.1, 0.15) is 0 Å². The van der Waals surface area contributed by atoms with E-state index < -0.39 is 0 Å². The van der Waals surface area contributed by atoms with E-state index in [4.69, 9.17) is 0 Å². The van der Waals surface area contributed by atoms with Gasteiger partial charge in [-0.05, 0) is 30.9 Å². The Balaban J connectivity index is 2.02. The van der Waals surface area contributed by atoms with Crippen molar-refractivity contribution in [1.29, 1.82) is 0 Å². The first-order chi connectivity index (χ1) is 6.40. The van der Waals surface area contributed by atoms with Gasteiger partial charge in [0.25, 0.3) is 0 Å². The van der Waals surface area contributed by atoms with Crippen molar-refractivity contribution in [1.82, 2.24) is 5.43 Å². The monoisotopic (exact) mass is 176 g/mol. The fourth-order valence-corrected chi connectivity index (χ4v) is 1.49. The van der Waals surface area contributed by atoms with Gasteiger partial charge in [0, 0.05) is 13.6 Å². The molecule has 0 spiro atoms. The summed E-state index contributed by atoms with van der Waals surface area (Å²) in [7, 11) is 1.98. The minimum absolute atomic E-state index is 0.910. The molecular formula is C11H16N2. The third-order valence-electron chi connectivity index (χ3n) is 2.48. The second-order valence-corrected chi connectivity index (χ2v) is 3.61. The van der Waals surface area contributed by atoms with Crippen molar-refractivity contribution in [2.45, 2.75) is 12.8 Å². The summed E-state index contributed by atoms with van der Waals surface area (Å²) in [6, 6.07) is 10.5. The molecule has 1 fully saturated rings. The molecule has 0 amide bonds. The summed E-state index contributed by atoms with van der Waals surface area (Å²) in [5.41, 5.74) is 4.48. The quantitative estimate of drug-likeness (QED) is 0.706. The highest BCUT2D eigenvalue weighted by molar-refractivity contribution is 5.44. The smallest absolute Gasteiger partial charge is 0.0519 e. The second kappa shape index (κ2) is 3.79. The van der Waals surface area contributed by atoms with Crippen LogP contribution in [-0.4, -0.2) is 13.6 Å². The lowest BCUT2D eigenvalue weighted by Crippen LogP contribution is -2.36. The average molecular weight is 176 g/mol. The van der Waals surface area contributed by atoms with Gasteiger partial charge >= 0.3 is 0 Å². The maximum absolute atomic E-state index is 3.22. The molecular weight excluding hydrogens is 160 g/mol. The highest BCUT2D eigenvalue weighted by Gasteiger charge is 2.23. The summed E-state index contributed by atoms with van der Waals surface area (Å²) in [5.74, 6) is 0.910. The van der Waals surface area contributed by atoms with Crippen molar-refractivity contribution in [2.75, 3.05) is 18.6 Å². The van der Waals surface area contributed by atoms with E-state index in [-0.39, 0.29) is 0 Å². The zero-order valence-corrected chi connectivity index (χ0v) is 8.03. The van der Waals surface area contributed by atoms with E-state index in [1.807, 2.05) is 7.05 Å². The van der Waals surface area contributed by atoms with E-state index in [0.717, 1.165) is 12.5 Å². The molecule has 0 saturated heterocycles. The van der Waals surface area contributed by atoms with E-state index in [9.17, 15) is 0 Å². The van der Waals surface area contributed by atoms with Crippen LogP contribution in [0, 0.1) is 5.92 Å². The van der Waals surface area contributed by atoms with Crippen LogP contribution in [0.4, 0.5) is 5.69 Å². The zero-order valence-electron chi connectivity index (χ0n) is 8.03. The molecule has 70 valence electrons. The number of anilines is 1. The largest absolute Gasteiger partial charge is 0.308 e. The maximum atomic E-state index is 3.22. The lowest BCUT2D eigenvalue weighted by atomic mass is 10.3. The van der Waals surface area contributed by atoms with Crippen LogP contribution in [0.1, 0.15) is 12.8 Å². The fourth-order valence-electron chi connectivity index (χ4n) is 1.49. The first-order valence-electron chi connectivity index (χ1n) is 4.90. The number of hydrogen-bond donors (Lipinski definition) is 1. The van der Waals surface area contributed by atoms with Crippen LogP contribution in [0.3, 0.4) is 0 Å². The SMILES string of the molecule is CNN(CC1CC1)c1ccccc1. The van der Waals surface area contributed by atoms with Gasteiger partial charge in [-0.15, -0.1) is 0 Å². The summed E-state index contributed by atoms with van der Waals surface area (Å²) in [6.45, 7) is 1.14. The number of para-hydroxylation sites is 1. The first-order valence-corrected chi connectivity index (χ1v) is 4.90. The van der Waals surface area contributed by atoms with Gasteiger partial charge in [0.05, 0.1) is 5.69 Å². The topological polar surface area (TPSA) is 15.3 Å². The third kappa shape index (κ3) is 2.22. The molecule has 1 aromatic rings. The van der Waals surface area contributed by atoms with E-state index in [2.05, 4.69) is 40.8 Å². The molecule has 0 aliphatic heterocycles. The first kappa shape index (κ1) is 8.57. The third-order valence-corrected chi connectivity index (χ3v) is 2.48. The summed E-state index contributed by atoms with van der Waals surface area (Å²) < 4.78 is 0. The Kier molecular flexibility index (Phi) is 2.50. The van der Waals surface area contributed by atoms with Gasteiger partial charge in [-0.3, -0.25) is 0 Å². The van der Waals surface area contributed by atoms with Crippen molar-refractivity contribution < 1.29 is 0 Å². The lowest BCUT2D eigenvalue weighted by molar-refractivity contribution is 0.655. The molecule has 0 heterocycles. The minimum atomic E-state index is 0.910. The minimum Gasteiger partial charge on any atom is -0.308 e. The summed E-state index contributed by atoms with van der Waals surface area (Å²) in [6.07, 6.45) is 2.79. The predicted molar refractivity (Wildman–Crippen MR) is 55.6 cm³/mol. The number of benzene rings is 1. The van der Waals surface area contributed by atoms with Crippen molar-refractivity contribution in [3.05, 3.63) is 30.3 Å². The molecule has 1 aliphatic carbocycles. The molecule has 2 heteroatoms. The summed E-state index contributed by atoms with van der Waals surface area (Å²) >= 11 is 0. The fraction of sp³-hybridized carbons (Fsp3) is 0.455.